The minimum atomic E-state index is -0.478. The van der Waals surface area contributed by atoms with Gasteiger partial charge in [0.15, 0.2) is 0 Å². The van der Waals surface area contributed by atoms with Crippen LogP contribution in [0.4, 0.5) is 10.1 Å². The van der Waals surface area contributed by atoms with Crippen LogP contribution in [0.25, 0.3) is 0 Å². The summed E-state index contributed by atoms with van der Waals surface area (Å²) in [5, 5.41) is 12.0. The number of nitrogens with one attached hydrogen (secondary N) is 1. The predicted molar refractivity (Wildman–Crippen MR) is 67.8 cm³/mol. The van der Waals surface area contributed by atoms with Gasteiger partial charge in [-0.15, -0.1) is 0 Å². The summed E-state index contributed by atoms with van der Waals surface area (Å²) in [6, 6.07) is 6.71. The summed E-state index contributed by atoms with van der Waals surface area (Å²) in [6.07, 6.45) is 1.79. The molecular formula is C14H17FN2O. The quantitative estimate of drug-likeness (QED) is 0.874. The minimum absolute atomic E-state index is 0.0767. The Kier molecular flexibility index (Phi) is 3.53. The lowest BCUT2D eigenvalue weighted by Crippen LogP contribution is -2.40. The van der Waals surface area contributed by atoms with E-state index in [1.54, 1.807) is 6.07 Å². The average molecular weight is 248 g/mol. The predicted octanol–water partition coefficient (Wildman–Crippen LogP) is 3.07. The van der Waals surface area contributed by atoms with Gasteiger partial charge in [0.2, 0.25) is 0 Å². The van der Waals surface area contributed by atoms with Crippen LogP contribution in [0.2, 0.25) is 0 Å². The van der Waals surface area contributed by atoms with Crippen LogP contribution in [0.3, 0.4) is 0 Å². The highest BCUT2D eigenvalue weighted by Gasteiger charge is 2.28. The molecule has 96 valence electrons. The average Bonchev–Trinajstić information content (AvgIpc) is 2.28. The third-order valence-corrected chi connectivity index (χ3v) is 3.16. The van der Waals surface area contributed by atoms with Crippen molar-refractivity contribution < 1.29 is 9.13 Å². The first-order valence-corrected chi connectivity index (χ1v) is 6.10. The molecule has 0 bridgehead atoms. The number of halogens is 1. The Morgan fingerprint density at radius 2 is 2.28 bits per heavy atom. The fourth-order valence-electron chi connectivity index (χ4n) is 2.29. The van der Waals surface area contributed by atoms with E-state index >= 15 is 0 Å². The smallest absolute Gasteiger partial charge is 0.143 e. The molecular weight excluding hydrogens is 231 g/mol. The van der Waals surface area contributed by atoms with E-state index in [-0.39, 0.29) is 17.2 Å². The van der Waals surface area contributed by atoms with Crippen molar-refractivity contribution >= 4 is 5.69 Å². The first kappa shape index (κ1) is 12.8. The van der Waals surface area contributed by atoms with E-state index in [4.69, 9.17) is 10.00 Å². The molecule has 1 aliphatic rings. The minimum Gasteiger partial charge on any atom is -0.382 e. The van der Waals surface area contributed by atoms with Gasteiger partial charge >= 0.3 is 0 Å². The van der Waals surface area contributed by atoms with Crippen LogP contribution in [0.5, 0.6) is 0 Å². The molecule has 0 spiro atoms. The zero-order chi connectivity index (χ0) is 13.2. The summed E-state index contributed by atoms with van der Waals surface area (Å²) < 4.78 is 19.1. The maximum absolute atomic E-state index is 13.5. The van der Waals surface area contributed by atoms with Crippen molar-refractivity contribution in [1.29, 1.82) is 5.26 Å². The van der Waals surface area contributed by atoms with E-state index in [9.17, 15) is 4.39 Å². The molecule has 2 rings (SSSR count). The highest BCUT2D eigenvalue weighted by atomic mass is 19.1. The maximum Gasteiger partial charge on any atom is 0.143 e. The molecule has 1 saturated heterocycles. The molecule has 1 atom stereocenters. The lowest BCUT2D eigenvalue weighted by atomic mass is 9.94. The number of nitriles is 1. The molecule has 1 unspecified atom stereocenters. The second-order valence-electron chi connectivity index (χ2n) is 5.25. The third kappa shape index (κ3) is 2.99. The van der Waals surface area contributed by atoms with Crippen molar-refractivity contribution in [3.63, 3.8) is 0 Å². The summed E-state index contributed by atoms with van der Waals surface area (Å²) in [5.74, 6) is -0.478. The Hall–Kier alpha value is -1.60. The summed E-state index contributed by atoms with van der Waals surface area (Å²) in [5.41, 5.74) is 0.656. The van der Waals surface area contributed by atoms with Gasteiger partial charge in [0.05, 0.1) is 11.2 Å². The number of rotatable bonds is 2. The Morgan fingerprint density at radius 3 is 2.89 bits per heavy atom. The molecule has 0 aromatic heterocycles. The molecule has 0 saturated carbocycles. The van der Waals surface area contributed by atoms with Crippen LogP contribution < -0.4 is 5.32 Å². The molecule has 1 fully saturated rings. The number of benzene rings is 1. The largest absolute Gasteiger partial charge is 0.382 e. The van der Waals surface area contributed by atoms with Gasteiger partial charge in [-0.3, -0.25) is 0 Å². The van der Waals surface area contributed by atoms with Gasteiger partial charge in [-0.1, -0.05) is 0 Å². The summed E-state index contributed by atoms with van der Waals surface area (Å²) in [6.45, 7) is 4.82. The Bertz CT molecular complexity index is 479. The summed E-state index contributed by atoms with van der Waals surface area (Å²) in [4.78, 5) is 0. The fourth-order valence-corrected chi connectivity index (χ4v) is 2.29. The molecule has 0 amide bonds. The van der Waals surface area contributed by atoms with Crippen molar-refractivity contribution in [3.8, 4) is 6.07 Å². The Morgan fingerprint density at radius 1 is 1.50 bits per heavy atom. The molecule has 0 radical (unpaired) electrons. The first-order chi connectivity index (χ1) is 8.50. The molecule has 1 aromatic carbocycles. The molecule has 18 heavy (non-hydrogen) atoms. The first-order valence-electron chi connectivity index (χ1n) is 6.10. The lowest BCUT2D eigenvalue weighted by molar-refractivity contribution is -0.0553. The number of hydrogen-bond donors (Lipinski definition) is 1. The van der Waals surface area contributed by atoms with Crippen molar-refractivity contribution in [2.75, 3.05) is 11.9 Å². The van der Waals surface area contributed by atoms with E-state index < -0.39 is 5.82 Å². The van der Waals surface area contributed by atoms with Crippen molar-refractivity contribution in [3.05, 3.63) is 29.6 Å². The van der Waals surface area contributed by atoms with Crippen molar-refractivity contribution in [1.82, 2.24) is 0 Å². The molecule has 3 nitrogen and oxygen atoms in total. The van der Waals surface area contributed by atoms with E-state index in [0.717, 1.165) is 12.8 Å². The monoisotopic (exact) mass is 248 g/mol. The van der Waals surface area contributed by atoms with Gasteiger partial charge in [0.25, 0.3) is 0 Å². The maximum atomic E-state index is 13.5. The van der Waals surface area contributed by atoms with E-state index in [1.807, 2.05) is 6.07 Å². The highest BCUT2D eigenvalue weighted by Crippen LogP contribution is 2.26. The molecule has 1 aliphatic heterocycles. The highest BCUT2D eigenvalue weighted by molar-refractivity contribution is 5.48. The van der Waals surface area contributed by atoms with E-state index in [1.165, 1.54) is 12.1 Å². The van der Waals surface area contributed by atoms with Crippen molar-refractivity contribution in [2.45, 2.75) is 38.3 Å². The normalized spacial score (nSPS) is 22.2. The number of nitrogens with zero attached hydrogens (tertiary/aromatic N) is 1. The van der Waals surface area contributed by atoms with Crippen LogP contribution in [0.15, 0.2) is 18.2 Å². The Labute approximate surface area is 107 Å². The van der Waals surface area contributed by atoms with Gasteiger partial charge in [-0.2, -0.15) is 5.26 Å². The van der Waals surface area contributed by atoms with Gasteiger partial charge in [-0.05, 0) is 44.9 Å². The van der Waals surface area contributed by atoms with Crippen molar-refractivity contribution in [2.24, 2.45) is 0 Å². The van der Waals surface area contributed by atoms with Gasteiger partial charge < -0.3 is 10.1 Å². The molecule has 1 aromatic rings. The van der Waals surface area contributed by atoms with Gasteiger partial charge in [0.1, 0.15) is 11.9 Å². The topological polar surface area (TPSA) is 45.0 Å². The molecule has 0 aliphatic carbocycles. The zero-order valence-corrected chi connectivity index (χ0v) is 10.7. The van der Waals surface area contributed by atoms with Crippen LogP contribution in [-0.2, 0) is 4.74 Å². The van der Waals surface area contributed by atoms with Crippen LogP contribution in [0, 0.1) is 17.1 Å². The molecule has 1 heterocycles. The summed E-state index contributed by atoms with van der Waals surface area (Å²) >= 11 is 0. The number of anilines is 1. The summed E-state index contributed by atoms with van der Waals surface area (Å²) in [7, 11) is 0. The fraction of sp³-hybridized carbons (Fsp3) is 0.500. The van der Waals surface area contributed by atoms with Crippen LogP contribution in [0.1, 0.15) is 32.3 Å². The Balaban J connectivity index is 2.06. The van der Waals surface area contributed by atoms with Gasteiger partial charge in [0, 0.05) is 18.3 Å². The number of hydrogen-bond acceptors (Lipinski definition) is 3. The van der Waals surface area contributed by atoms with E-state index in [2.05, 4.69) is 19.2 Å². The van der Waals surface area contributed by atoms with Crippen LogP contribution in [-0.4, -0.2) is 18.2 Å². The standard InChI is InChI=1S/C14H17FN2O/c1-14(2)8-12(5-6-18-14)17-11-4-3-10(9-16)13(15)7-11/h3-4,7,12,17H,5-6,8H2,1-2H3. The van der Waals surface area contributed by atoms with Gasteiger partial charge in [-0.25, -0.2) is 4.39 Å². The van der Waals surface area contributed by atoms with Crippen LogP contribution >= 0.6 is 0 Å². The number of ether oxygens (including phenoxy) is 1. The zero-order valence-electron chi connectivity index (χ0n) is 10.7. The second-order valence-corrected chi connectivity index (χ2v) is 5.25. The lowest BCUT2D eigenvalue weighted by Gasteiger charge is -2.36. The SMILES string of the molecule is CC1(C)CC(Nc2ccc(C#N)c(F)c2)CCO1. The molecule has 4 heteroatoms. The second kappa shape index (κ2) is 4.95. The molecule has 1 N–H and O–H groups in total. The third-order valence-electron chi connectivity index (χ3n) is 3.16. The van der Waals surface area contributed by atoms with E-state index in [0.29, 0.717) is 12.3 Å².